The van der Waals surface area contributed by atoms with Gasteiger partial charge in [0.15, 0.2) is 0 Å². The highest BCUT2D eigenvalue weighted by Gasteiger charge is 2.49. The van der Waals surface area contributed by atoms with Gasteiger partial charge in [-0.1, -0.05) is 25.0 Å². The molecule has 2 heterocycles. The summed E-state index contributed by atoms with van der Waals surface area (Å²) in [5.74, 6) is -0.311. The van der Waals surface area contributed by atoms with Crippen LogP contribution in [0.4, 0.5) is 26.3 Å². The van der Waals surface area contributed by atoms with Crippen LogP contribution in [0, 0.1) is 0 Å². The molecule has 0 unspecified atom stereocenters. The molecule has 13 heteroatoms. The average Bonchev–Trinajstić information content (AvgIpc) is 3.61. The first-order valence-corrected chi connectivity index (χ1v) is 14.7. The number of alkyl halides is 6. The van der Waals surface area contributed by atoms with Gasteiger partial charge in [0.25, 0.3) is 0 Å². The van der Waals surface area contributed by atoms with Crippen molar-refractivity contribution in [1.82, 2.24) is 14.2 Å². The number of carbonyl (C=O) groups excluding carboxylic acids is 1. The van der Waals surface area contributed by atoms with Crippen molar-refractivity contribution in [2.45, 2.75) is 86.1 Å². The lowest BCUT2D eigenvalue weighted by molar-refractivity contribution is -0.143. The molecule has 3 aliphatic rings. The Labute approximate surface area is 228 Å². The Hall–Kier alpha value is -2.67. The molecule has 0 N–H and O–H groups in total. The first kappa shape index (κ1) is 28.8. The third kappa shape index (κ3) is 5.46. The second kappa shape index (κ2) is 10.3. The summed E-state index contributed by atoms with van der Waals surface area (Å²) in [7, 11) is -4.23. The molecule has 0 atom stereocenters. The summed E-state index contributed by atoms with van der Waals surface area (Å²) in [5.41, 5.74) is -3.18. The number of amides is 1. The molecule has 1 aromatic carbocycles. The molecule has 6 nitrogen and oxygen atoms in total. The van der Waals surface area contributed by atoms with Gasteiger partial charge in [-0.3, -0.25) is 4.79 Å². The quantitative estimate of drug-likeness (QED) is 0.401. The van der Waals surface area contributed by atoms with Crippen LogP contribution in [-0.2, 0) is 32.6 Å². The van der Waals surface area contributed by atoms with E-state index in [0.717, 1.165) is 24.3 Å². The van der Waals surface area contributed by atoms with Crippen LogP contribution < -0.4 is 0 Å². The second-order valence-corrected chi connectivity index (χ2v) is 12.7. The molecule has 2 aromatic rings. The summed E-state index contributed by atoms with van der Waals surface area (Å²) in [6.45, 7) is 0.372. The van der Waals surface area contributed by atoms with Crippen molar-refractivity contribution in [1.29, 1.82) is 0 Å². The smallest absolute Gasteiger partial charge is 0.342 e. The van der Waals surface area contributed by atoms with E-state index in [-0.39, 0.29) is 43.6 Å². The average molecular weight is 590 g/mol. The molecule has 2 saturated carbocycles. The van der Waals surface area contributed by atoms with Crippen molar-refractivity contribution in [2.24, 2.45) is 0 Å². The molecule has 2 aliphatic carbocycles. The Bertz CT molecular complexity index is 1360. The number of aromatic nitrogens is 1. The van der Waals surface area contributed by atoms with Gasteiger partial charge in [-0.15, -0.1) is 0 Å². The van der Waals surface area contributed by atoms with Crippen LogP contribution in [0.3, 0.4) is 0 Å². The molecule has 1 aromatic heterocycles. The van der Waals surface area contributed by atoms with E-state index in [1.807, 2.05) is 0 Å². The van der Waals surface area contributed by atoms with Crippen molar-refractivity contribution in [3.8, 4) is 0 Å². The van der Waals surface area contributed by atoms with E-state index in [2.05, 4.69) is 4.98 Å². The summed E-state index contributed by atoms with van der Waals surface area (Å²) >= 11 is 0. The van der Waals surface area contributed by atoms with E-state index in [0.29, 0.717) is 44.6 Å². The summed E-state index contributed by atoms with van der Waals surface area (Å²) in [5, 5.41) is 0. The summed E-state index contributed by atoms with van der Waals surface area (Å²) < 4.78 is 108. The molecule has 218 valence electrons. The highest BCUT2D eigenvalue weighted by molar-refractivity contribution is 7.89. The summed E-state index contributed by atoms with van der Waals surface area (Å²) in [6.07, 6.45) is -5.50. The van der Waals surface area contributed by atoms with Gasteiger partial charge in [-0.25, -0.2) is 13.4 Å². The van der Waals surface area contributed by atoms with Gasteiger partial charge in [0.05, 0.1) is 21.6 Å². The minimum atomic E-state index is -4.69. The number of piperidine rings is 1. The summed E-state index contributed by atoms with van der Waals surface area (Å²) in [4.78, 5) is 18.8. The number of carbonyl (C=O) groups is 1. The maximum absolute atomic E-state index is 13.8. The van der Waals surface area contributed by atoms with E-state index in [1.165, 1.54) is 16.4 Å². The fraction of sp³-hybridized carbons (Fsp3) is 0.556. The fourth-order valence-electron chi connectivity index (χ4n) is 6.02. The van der Waals surface area contributed by atoms with Gasteiger partial charge in [0.1, 0.15) is 5.69 Å². The van der Waals surface area contributed by atoms with Crippen molar-refractivity contribution in [3.63, 3.8) is 0 Å². The number of nitrogens with zero attached hydrogens (tertiary/aromatic N) is 3. The number of sulfonamides is 1. The molecule has 1 amide bonds. The lowest BCUT2D eigenvalue weighted by Gasteiger charge is -2.41. The lowest BCUT2D eigenvalue weighted by atomic mass is 9.80. The molecule has 1 saturated heterocycles. The zero-order valence-corrected chi connectivity index (χ0v) is 22.3. The Morgan fingerprint density at radius 2 is 1.48 bits per heavy atom. The molecular formula is C27H29F6N3O3S. The summed E-state index contributed by atoms with van der Waals surface area (Å²) in [6, 6.07) is 6.47. The Balaban J connectivity index is 1.35. The van der Waals surface area contributed by atoms with Crippen LogP contribution in [0.1, 0.15) is 68.3 Å². The normalized spacial score (nSPS) is 20.7. The van der Waals surface area contributed by atoms with Crippen molar-refractivity contribution in [3.05, 3.63) is 59.4 Å². The van der Waals surface area contributed by atoms with Gasteiger partial charge in [-0.05, 0) is 68.9 Å². The van der Waals surface area contributed by atoms with E-state index in [9.17, 15) is 39.6 Å². The molecule has 0 spiro atoms. The van der Waals surface area contributed by atoms with Crippen molar-refractivity contribution in [2.75, 3.05) is 13.1 Å². The van der Waals surface area contributed by atoms with E-state index in [4.69, 9.17) is 0 Å². The number of halogens is 6. The predicted molar refractivity (Wildman–Crippen MR) is 132 cm³/mol. The van der Waals surface area contributed by atoms with E-state index >= 15 is 0 Å². The molecule has 0 bridgehead atoms. The third-order valence-electron chi connectivity index (χ3n) is 8.15. The number of hydrogen-bond donors (Lipinski definition) is 0. The Kier molecular flexibility index (Phi) is 7.43. The molecular weight excluding hydrogens is 560 g/mol. The molecule has 40 heavy (non-hydrogen) atoms. The molecule has 5 rings (SSSR count). The minimum Gasteiger partial charge on any atom is -0.342 e. The first-order valence-electron chi connectivity index (χ1n) is 13.3. The second-order valence-electron chi connectivity index (χ2n) is 10.8. The Morgan fingerprint density at radius 3 is 2.05 bits per heavy atom. The topological polar surface area (TPSA) is 70.6 Å². The highest BCUT2D eigenvalue weighted by atomic mass is 32.2. The van der Waals surface area contributed by atoms with Crippen LogP contribution in [0.2, 0.25) is 0 Å². The third-order valence-corrected chi connectivity index (χ3v) is 10.2. The molecule has 1 aliphatic heterocycles. The van der Waals surface area contributed by atoms with Gasteiger partial charge >= 0.3 is 12.4 Å². The number of likely N-dealkylation sites (tertiary alicyclic amines) is 1. The highest BCUT2D eigenvalue weighted by Crippen LogP contribution is 2.44. The van der Waals surface area contributed by atoms with Gasteiger partial charge in [0.2, 0.25) is 15.9 Å². The zero-order chi connectivity index (χ0) is 28.9. The number of benzene rings is 1. The minimum absolute atomic E-state index is 0.0960. The van der Waals surface area contributed by atoms with Gasteiger partial charge in [-0.2, -0.15) is 30.6 Å². The lowest BCUT2D eigenvalue weighted by Crippen LogP contribution is -2.53. The van der Waals surface area contributed by atoms with Crippen LogP contribution in [-0.4, -0.2) is 53.7 Å². The zero-order valence-electron chi connectivity index (χ0n) is 21.5. The largest absolute Gasteiger partial charge is 0.433 e. The number of hydrogen-bond acceptors (Lipinski definition) is 4. The van der Waals surface area contributed by atoms with Crippen LogP contribution >= 0.6 is 0 Å². The van der Waals surface area contributed by atoms with Crippen LogP contribution in [0.15, 0.2) is 47.4 Å². The van der Waals surface area contributed by atoms with E-state index in [1.54, 1.807) is 4.90 Å². The maximum Gasteiger partial charge on any atom is 0.433 e. The SMILES string of the molecule is O=C(N1CCC(N(C2CC2)S(=O)(=O)c2cccc(C(F)(F)F)c2)CC1)C1(c2cccc(C(F)(F)F)n2)CCCC1. The molecule has 3 fully saturated rings. The standard InChI is InChI=1S/C27H29F6N3O3S/c28-26(29,30)18-5-3-6-21(17-18)40(38,39)36(19-9-10-19)20-11-15-35(16-12-20)24(37)25(13-1-2-14-25)22-7-4-8-23(34-22)27(31,32)33/h3-8,17,19-20H,1-2,9-16H2. The monoisotopic (exact) mass is 589 g/mol. The number of rotatable bonds is 6. The number of pyridine rings is 1. The first-order chi connectivity index (χ1) is 18.7. The van der Waals surface area contributed by atoms with Crippen molar-refractivity contribution >= 4 is 15.9 Å². The van der Waals surface area contributed by atoms with Gasteiger partial charge in [0, 0.05) is 25.2 Å². The Morgan fingerprint density at radius 1 is 0.875 bits per heavy atom. The predicted octanol–water partition coefficient (Wildman–Crippen LogP) is 5.78. The van der Waals surface area contributed by atoms with Crippen LogP contribution in [0.5, 0.6) is 0 Å². The maximum atomic E-state index is 13.8. The fourth-order valence-corrected chi connectivity index (χ4v) is 7.99. The van der Waals surface area contributed by atoms with Crippen molar-refractivity contribution < 1.29 is 39.6 Å². The van der Waals surface area contributed by atoms with Crippen LogP contribution in [0.25, 0.3) is 0 Å². The van der Waals surface area contributed by atoms with Gasteiger partial charge < -0.3 is 4.90 Å². The van der Waals surface area contributed by atoms with E-state index < -0.39 is 50.0 Å². The molecule has 0 radical (unpaired) electrons.